The van der Waals surface area contributed by atoms with Gasteiger partial charge in [0.1, 0.15) is 0 Å². The third-order valence-corrected chi connectivity index (χ3v) is 1.71. The first-order valence-electron chi connectivity index (χ1n) is 3.34. The van der Waals surface area contributed by atoms with Crippen molar-refractivity contribution in [3.8, 4) is 0 Å². The third kappa shape index (κ3) is 4.22. The molecule has 1 rings (SSSR count). The van der Waals surface area contributed by atoms with Gasteiger partial charge in [0, 0.05) is 17.3 Å². The highest BCUT2D eigenvalue weighted by atomic mass is 35.5. The summed E-state index contributed by atoms with van der Waals surface area (Å²) in [4.78, 5) is 8.59. The topological polar surface area (TPSA) is 25.8 Å². The minimum absolute atomic E-state index is 0.299. The fourth-order valence-corrected chi connectivity index (χ4v) is 0.820. The van der Waals surface area contributed by atoms with Crippen LogP contribution in [0.3, 0.4) is 0 Å². The van der Waals surface area contributed by atoms with Crippen molar-refractivity contribution in [1.82, 2.24) is 9.97 Å². The molecule has 0 atom stereocenters. The molecule has 0 saturated carbocycles. The Bertz CT molecular complexity index is 188. The maximum atomic E-state index is 5.44. The summed E-state index contributed by atoms with van der Waals surface area (Å²) in [7, 11) is 0. The van der Waals surface area contributed by atoms with Crippen molar-refractivity contribution in [2.75, 3.05) is 6.26 Å². The SMILES string of the molecule is CC.CSc1cnc(Cl)nc1. The number of nitrogens with zero attached hydrogens (tertiary/aromatic N) is 2. The molecule has 0 radical (unpaired) electrons. The predicted octanol–water partition coefficient (Wildman–Crippen LogP) is 2.88. The van der Waals surface area contributed by atoms with Gasteiger partial charge in [0.05, 0.1) is 0 Å². The first-order chi connectivity index (χ1) is 5.33. The molecule has 0 unspecified atom stereocenters. The zero-order chi connectivity index (χ0) is 8.69. The molecule has 4 heteroatoms. The van der Waals surface area contributed by atoms with Crippen molar-refractivity contribution in [1.29, 1.82) is 0 Å². The van der Waals surface area contributed by atoms with E-state index in [1.807, 2.05) is 20.1 Å². The van der Waals surface area contributed by atoms with Crippen LogP contribution in [-0.2, 0) is 0 Å². The molecule has 0 saturated heterocycles. The summed E-state index contributed by atoms with van der Waals surface area (Å²) >= 11 is 7.03. The van der Waals surface area contributed by atoms with Gasteiger partial charge >= 0.3 is 0 Å². The maximum Gasteiger partial charge on any atom is 0.222 e. The van der Waals surface area contributed by atoms with Gasteiger partial charge in [0.2, 0.25) is 5.28 Å². The zero-order valence-corrected chi connectivity index (χ0v) is 8.41. The summed E-state index contributed by atoms with van der Waals surface area (Å²) in [6, 6.07) is 0. The normalized spacial score (nSPS) is 8.36. The number of thioether (sulfide) groups is 1. The lowest BCUT2D eigenvalue weighted by molar-refractivity contribution is 1.10. The van der Waals surface area contributed by atoms with E-state index in [2.05, 4.69) is 9.97 Å². The summed E-state index contributed by atoms with van der Waals surface area (Å²) in [5.74, 6) is 0. The smallest absolute Gasteiger partial charge is 0.222 e. The molecular weight excluding hydrogens is 180 g/mol. The standard InChI is InChI=1S/C5H5ClN2S.C2H6/c1-9-4-2-7-5(6)8-3-4;1-2/h2-3H,1H3;1-2H3. The molecule has 2 nitrogen and oxygen atoms in total. The minimum atomic E-state index is 0.299. The number of aromatic nitrogens is 2. The van der Waals surface area contributed by atoms with E-state index in [1.165, 1.54) is 0 Å². The Balaban J connectivity index is 0.000000461. The van der Waals surface area contributed by atoms with Crippen LogP contribution in [0, 0.1) is 0 Å². The molecule has 0 aliphatic rings. The molecule has 1 heterocycles. The molecule has 0 spiro atoms. The van der Waals surface area contributed by atoms with Gasteiger partial charge < -0.3 is 0 Å². The molecule has 0 aliphatic carbocycles. The average Bonchev–Trinajstić information content (AvgIpc) is 2.10. The summed E-state index contributed by atoms with van der Waals surface area (Å²) in [5, 5.41) is 0.299. The zero-order valence-electron chi connectivity index (χ0n) is 6.84. The second-order valence-corrected chi connectivity index (χ2v) is 2.61. The highest BCUT2D eigenvalue weighted by Crippen LogP contribution is 2.11. The van der Waals surface area contributed by atoms with Crippen LogP contribution in [-0.4, -0.2) is 16.2 Å². The molecule has 1 aromatic rings. The second kappa shape index (κ2) is 6.43. The van der Waals surface area contributed by atoms with E-state index in [0.717, 1.165) is 4.90 Å². The molecule has 0 fully saturated rings. The molecule has 62 valence electrons. The number of hydrogen-bond donors (Lipinski definition) is 0. The number of rotatable bonds is 1. The van der Waals surface area contributed by atoms with Gasteiger partial charge in [0.15, 0.2) is 0 Å². The number of halogens is 1. The number of hydrogen-bond acceptors (Lipinski definition) is 3. The predicted molar refractivity (Wildman–Crippen MR) is 50.2 cm³/mol. The fraction of sp³-hybridized carbons (Fsp3) is 0.429. The minimum Gasteiger partial charge on any atom is -0.225 e. The lowest BCUT2D eigenvalue weighted by Gasteiger charge is -1.90. The summed E-state index contributed by atoms with van der Waals surface area (Å²) in [6.07, 6.45) is 5.35. The van der Waals surface area contributed by atoms with Gasteiger partial charge in [-0.05, 0) is 17.9 Å². The van der Waals surface area contributed by atoms with Gasteiger partial charge in [-0.2, -0.15) is 0 Å². The summed E-state index contributed by atoms with van der Waals surface area (Å²) < 4.78 is 0. The van der Waals surface area contributed by atoms with Crippen molar-refractivity contribution in [2.24, 2.45) is 0 Å². The highest BCUT2D eigenvalue weighted by Gasteiger charge is 1.89. The van der Waals surface area contributed by atoms with E-state index < -0.39 is 0 Å². The quantitative estimate of drug-likeness (QED) is 0.503. The Morgan fingerprint density at radius 3 is 2.09 bits per heavy atom. The van der Waals surface area contributed by atoms with Crippen molar-refractivity contribution < 1.29 is 0 Å². The molecule has 0 aromatic carbocycles. The van der Waals surface area contributed by atoms with E-state index in [-0.39, 0.29) is 0 Å². The average molecular weight is 191 g/mol. The molecule has 0 amide bonds. The summed E-state index contributed by atoms with van der Waals surface area (Å²) in [5.41, 5.74) is 0. The van der Waals surface area contributed by atoms with Crippen LogP contribution in [0.2, 0.25) is 5.28 Å². The lowest BCUT2D eigenvalue weighted by Crippen LogP contribution is -1.79. The van der Waals surface area contributed by atoms with E-state index >= 15 is 0 Å². The van der Waals surface area contributed by atoms with E-state index in [1.54, 1.807) is 24.2 Å². The van der Waals surface area contributed by atoms with Crippen molar-refractivity contribution >= 4 is 23.4 Å². The van der Waals surface area contributed by atoms with Crippen LogP contribution in [0.4, 0.5) is 0 Å². The Labute approximate surface area is 76.4 Å². The molecule has 0 N–H and O–H groups in total. The first kappa shape index (κ1) is 10.7. The Hall–Kier alpha value is -0.280. The van der Waals surface area contributed by atoms with Crippen LogP contribution in [0.25, 0.3) is 0 Å². The molecule has 1 aromatic heterocycles. The van der Waals surface area contributed by atoms with Crippen LogP contribution in [0.15, 0.2) is 17.3 Å². The Morgan fingerprint density at radius 1 is 1.27 bits per heavy atom. The van der Waals surface area contributed by atoms with Crippen LogP contribution >= 0.6 is 23.4 Å². The van der Waals surface area contributed by atoms with Crippen LogP contribution in [0.5, 0.6) is 0 Å². The van der Waals surface area contributed by atoms with Gasteiger partial charge in [0.25, 0.3) is 0 Å². The fourth-order valence-electron chi connectivity index (χ4n) is 0.406. The van der Waals surface area contributed by atoms with Gasteiger partial charge in [-0.1, -0.05) is 13.8 Å². The monoisotopic (exact) mass is 190 g/mol. The van der Waals surface area contributed by atoms with E-state index in [0.29, 0.717) is 5.28 Å². The van der Waals surface area contributed by atoms with Crippen molar-refractivity contribution in [3.05, 3.63) is 17.7 Å². The molecular formula is C7H11ClN2S. The van der Waals surface area contributed by atoms with Crippen molar-refractivity contribution in [2.45, 2.75) is 18.7 Å². The maximum absolute atomic E-state index is 5.44. The summed E-state index contributed by atoms with van der Waals surface area (Å²) in [6.45, 7) is 4.00. The molecule has 0 aliphatic heterocycles. The van der Waals surface area contributed by atoms with E-state index in [9.17, 15) is 0 Å². The van der Waals surface area contributed by atoms with Crippen molar-refractivity contribution in [3.63, 3.8) is 0 Å². The molecule has 0 bridgehead atoms. The van der Waals surface area contributed by atoms with Crippen LogP contribution < -0.4 is 0 Å². The van der Waals surface area contributed by atoms with Gasteiger partial charge in [-0.25, -0.2) is 9.97 Å². The third-order valence-electron chi connectivity index (χ3n) is 0.832. The lowest BCUT2D eigenvalue weighted by atomic mass is 10.7. The van der Waals surface area contributed by atoms with Crippen LogP contribution in [0.1, 0.15) is 13.8 Å². The Kier molecular flexibility index (Phi) is 6.27. The first-order valence-corrected chi connectivity index (χ1v) is 4.95. The Morgan fingerprint density at radius 2 is 1.73 bits per heavy atom. The highest BCUT2D eigenvalue weighted by molar-refractivity contribution is 7.98. The van der Waals surface area contributed by atoms with Gasteiger partial charge in [-0.3, -0.25) is 0 Å². The van der Waals surface area contributed by atoms with Gasteiger partial charge in [-0.15, -0.1) is 11.8 Å². The second-order valence-electron chi connectivity index (χ2n) is 1.39. The largest absolute Gasteiger partial charge is 0.225 e. The molecule has 11 heavy (non-hydrogen) atoms. The van der Waals surface area contributed by atoms with E-state index in [4.69, 9.17) is 11.6 Å².